The van der Waals surface area contributed by atoms with Crippen molar-refractivity contribution in [2.24, 2.45) is 0 Å². The molecule has 0 radical (unpaired) electrons. The van der Waals surface area contributed by atoms with Crippen molar-refractivity contribution in [2.75, 3.05) is 19.6 Å². The van der Waals surface area contributed by atoms with Crippen LogP contribution in [0.3, 0.4) is 0 Å². The first-order valence-corrected chi connectivity index (χ1v) is 9.01. The van der Waals surface area contributed by atoms with Crippen molar-refractivity contribution in [1.29, 1.82) is 0 Å². The zero-order chi connectivity index (χ0) is 17.1. The van der Waals surface area contributed by atoms with E-state index in [1.807, 2.05) is 52.3 Å². The molecular formula is C19H22N2O2S. The van der Waals surface area contributed by atoms with Gasteiger partial charge in [0.2, 0.25) is 11.8 Å². The van der Waals surface area contributed by atoms with E-state index in [9.17, 15) is 9.59 Å². The summed E-state index contributed by atoms with van der Waals surface area (Å²) in [6.07, 6.45) is 0.445. The third kappa shape index (κ3) is 3.67. The monoisotopic (exact) mass is 342 g/mol. The highest BCUT2D eigenvalue weighted by atomic mass is 32.1. The highest BCUT2D eigenvalue weighted by Gasteiger charge is 2.31. The van der Waals surface area contributed by atoms with Crippen LogP contribution in [0.4, 0.5) is 0 Å². The molecule has 1 aromatic heterocycles. The summed E-state index contributed by atoms with van der Waals surface area (Å²) < 4.78 is 0. The van der Waals surface area contributed by atoms with Gasteiger partial charge in [0.05, 0.1) is 12.5 Å². The molecule has 0 bridgehead atoms. The number of hydrogen-bond donors (Lipinski definition) is 0. The Morgan fingerprint density at radius 3 is 2.50 bits per heavy atom. The summed E-state index contributed by atoms with van der Waals surface area (Å²) in [5.74, 6) is 0.200. The van der Waals surface area contributed by atoms with Gasteiger partial charge in [-0.15, -0.1) is 11.3 Å². The van der Waals surface area contributed by atoms with Crippen molar-refractivity contribution in [1.82, 2.24) is 9.80 Å². The fourth-order valence-corrected chi connectivity index (χ4v) is 4.07. The van der Waals surface area contributed by atoms with Crippen LogP contribution in [-0.2, 0) is 16.0 Å². The van der Waals surface area contributed by atoms with Gasteiger partial charge in [0.25, 0.3) is 0 Å². The zero-order valence-corrected chi connectivity index (χ0v) is 14.9. The lowest BCUT2D eigenvalue weighted by Crippen LogP contribution is -2.52. The molecular weight excluding hydrogens is 320 g/mol. The van der Waals surface area contributed by atoms with Crippen molar-refractivity contribution >= 4 is 23.2 Å². The van der Waals surface area contributed by atoms with Crippen LogP contribution in [0.2, 0.25) is 0 Å². The van der Waals surface area contributed by atoms with E-state index in [0.29, 0.717) is 26.1 Å². The Hall–Kier alpha value is -2.14. The van der Waals surface area contributed by atoms with Gasteiger partial charge in [0.15, 0.2) is 0 Å². The Bertz CT molecular complexity index is 726. The van der Waals surface area contributed by atoms with E-state index in [4.69, 9.17) is 0 Å². The number of nitrogens with zero attached hydrogens (tertiary/aromatic N) is 2. The van der Waals surface area contributed by atoms with Crippen LogP contribution in [0.25, 0.3) is 0 Å². The predicted octanol–water partition coefficient (Wildman–Crippen LogP) is 3.03. The van der Waals surface area contributed by atoms with Crippen molar-refractivity contribution in [2.45, 2.75) is 26.3 Å². The predicted molar refractivity (Wildman–Crippen MR) is 95.9 cm³/mol. The molecule has 0 unspecified atom stereocenters. The molecule has 24 heavy (non-hydrogen) atoms. The van der Waals surface area contributed by atoms with Gasteiger partial charge in [0.1, 0.15) is 0 Å². The maximum absolute atomic E-state index is 12.7. The molecule has 5 heteroatoms. The lowest BCUT2D eigenvalue weighted by molar-refractivity contribution is -0.141. The molecule has 3 rings (SSSR count). The van der Waals surface area contributed by atoms with E-state index in [-0.39, 0.29) is 17.9 Å². The first-order valence-electron chi connectivity index (χ1n) is 8.20. The van der Waals surface area contributed by atoms with Gasteiger partial charge in [-0.3, -0.25) is 9.59 Å². The van der Waals surface area contributed by atoms with Gasteiger partial charge in [-0.05, 0) is 24.6 Å². The standard InChI is InChI=1S/C19H22N2O2S/c1-14-8-9-17(24-14)12-19(23)20-10-11-21(15(2)22)18(13-20)16-6-4-3-5-7-16/h3-9,18H,10-13H2,1-2H3/t18-/m1/s1. The highest BCUT2D eigenvalue weighted by molar-refractivity contribution is 7.12. The summed E-state index contributed by atoms with van der Waals surface area (Å²) in [6, 6.07) is 14.0. The molecule has 0 saturated carbocycles. The molecule has 1 aliphatic rings. The largest absolute Gasteiger partial charge is 0.338 e. The van der Waals surface area contributed by atoms with Crippen molar-refractivity contribution in [3.05, 3.63) is 57.8 Å². The molecule has 0 aliphatic carbocycles. The molecule has 4 nitrogen and oxygen atoms in total. The zero-order valence-electron chi connectivity index (χ0n) is 14.1. The number of carbonyl (C=O) groups excluding carboxylic acids is 2. The second kappa shape index (κ2) is 7.18. The fourth-order valence-electron chi connectivity index (χ4n) is 3.19. The number of carbonyl (C=O) groups is 2. The molecule has 2 aromatic rings. The van der Waals surface area contributed by atoms with Crippen molar-refractivity contribution in [3.8, 4) is 0 Å². The maximum Gasteiger partial charge on any atom is 0.227 e. The molecule has 1 saturated heterocycles. The van der Waals surface area contributed by atoms with Crippen LogP contribution in [-0.4, -0.2) is 41.2 Å². The van der Waals surface area contributed by atoms with Crippen LogP contribution in [0.5, 0.6) is 0 Å². The molecule has 126 valence electrons. The van der Waals surface area contributed by atoms with E-state index in [1.54, 1.807) is 18.3 Å². The van der Waals surface area contributed by atoms with Crippen molar-refractivity contribution < 1.29 is 9.59 Å². The van der Waals surface area contributed by atoms with Crippen LogP contribution < -0.4 is 0 Å². The van der Waals surface area contributed by atoms with Crippen LogP contribution >= 0.6 is 11.3 Å². The van der Waals surface area contributed by atoms with Gasteiger partial charge >= 0.3 is 0 Å². The number of benzene rings is 1. The fraction of sp³-hybridized carbons (Fsp3) is 0.368. The lowest BCUT2D eigenvalue weighted by Gasteiger charge is -2.41. The van der Waals surface area contributed by atoms with Gasteiger partial charge in [-0.1, -0.05) is 30.3 Å². The molecule has 0 spiro atoms. The van der Waals surface area contributed by atoms with Gasteiger partial charge in [-0.2, -0.15) is 0 Å². The smallest absolute Gasteiger partial charge is 0.227 e. The summed E-state index contributed by atoms with van der Waals surface area (Å²) in [4.78, 5) is 30.7. The van der Waals surface area contributed by atoms with Gasteiger partial charge in [-0.25, -0.2) is 0 Å². The van der Waals surface area contributed by atoms with E-state index in [2.05, 4.69) is 6.92 Å². The third-order valence-corrected chi connectivity index (χ3v) is 5.44. The molecule has 2 heterocycles. The Morgan fingerprint density at radius 1 is 1.12 bits per heavy atom. The summed E-state index contributed by atoms with van der Waals surface area (Å²) in [5, 5.41) is 0. The SMILES string of the molecule is CC(=O)N1CCN(C(=O)Cc2ccc(C)s2)C[C@@H]1c1ccccc1. The Balaban J connectivity index is 1.75. The number of piperazine rings is 1. The van der Waals surface area contributed by atoms with E-state index in [1.165, 1.54) is 4.88 Å². The quantitative estimate of drug-likeness (QED) is 0.860. The lowest BCUT2D eigenvalue weighted by atomic mass is 10.0. The number of thiophene rings is 1. The van der Waals surface area contributed by atoms with E-state index < -0.39 is 0 Å². The minimum absolute atomic E-state index is 0.0600. The number of hydrogen-bond acceptors (Lipinski definition) is 3. The molecule has 0 N–H and O–H groups in total. The van der Waals surface area contributed by atoms with Gasteiger partial charge in [0, 0.05) is 36.3 Å². The topological polar surface area (TPSA) is 40.6 Å². The summed E-state index contributed by atoms with van der Waals surface area (Å²) in [6.45, 7) is 5.40. The second-order valence-electron chi connectivity index (χ2n) is 6.17. The maximum atomic E-state index is 12.7. The van der Waals surface area contributed by atoms with Crippen LogP contribution in [0.15, 0.2) is 42.5 Å². The third-order valence-electron chi connectivity index (χ3n) is 4.44. The normalized spacial score (nSPS) is 17.8. The summed E-state index contributed by atoms with van der Waals surface area (Å²) in [7, 11) is 0. The van der Waals surface area contributed by atoms with Gasteiger partial charge < -0.3 is 9.80 Å². The van der Waals surface area contributed by atoms with Crippen LogP contribution in [0.1, 0.15) is 28.3 Å². The first kappa shape index (κ1) is 16.7. The summed E-state index contributed by atoms with van der Waals surface area (Å²) >= 11 is 1.67. The molecule has 1 fully saturated rings. The molecule has 1 atom stereocenters. The Kier molecular flexibility index (Phi) is 5.00. The minimum atomic E-state index is -0.0635. The average Bonchev–Trinajstić information content (AvgIpc) is 3.00. The molecule has 1 aromatic carbocycles. The molecule has 1 aliphatic heterocycles. The number of aryl methyl sites for hydroxylation is 1. The number of rotatable bonds is 3. The Labute approximate surface area is 146 Å². The molecule has 2 amide bonds. The van der Waals surface area contributed by atoms with E-state index >= 15 is 0 Å². The van der Waals surface area contributed by atoms with Crippen LogP contribution in [0, 0.1) is 6.92 Å². The minimum Gasteiger partial charge on any atom is -0.338 e. The Morgan fingerprint density at radius 2 is 1.88 bits per heavy atom. The first-order chi connectivity index (χ1) is 11.5. The summed E-state index contributed by atoms with van der Waals surface area (Å²) in [5.41, 5.74) is 1.08. The van der Waals surface area contributed by atoms with Crippen molar-refractivity contribution in [3.63, 3.8) is 0 Å². The second-order valence-corrected chi connectivity index (χ2v) is 7.54. The highest BCUT2D eigenvalue weighted by Crippen LogP contribution is 2.26. The number of amides is 2. The van der Waals surface area contributed by atoms with E-state index in [0.717, 1.165) is 10.4 Å². The average molecular weight is 342 g/mol.